The van der Waals surface area contributed by atoms with Crippen LogP contribution in [0.25, 0.3) is 0 Å². The van der Waals surface area contributed by atoms with Crippen molar-refractivity contribution in [3.05, 3.63) is 89.5 Å². The Labute approximate surface area is 180 Å². The van der Waals surface area contributed by atoms with Crippen LogP contribution in [0, 0.1) is 11.3 Å². The second-order valence-electron chi connectivity index (χ2n) is 7.30. The number of nitriles is 1. The molecule has 0 radical (unpaired) electrons. The van der Waals surface area contributed by atoms with E-state index in [1.807, 2.05) is 30.3 Å². The number of hydrogen-bond donors (Lipinski definition) is 1. The summed E-state index contributed by atoms with van der Waals surface area (Å²) in [6, 6.07) is 23.4. The number of nitrogens with one attached hydrogen (secondary N) is 1. The number of carbonyl (C=O) groups excluding carboxylic acids is 2. The van der Waals surface area contributed by atoms with Crippen molar-refractivity contribution in [2.24, 2.45) is 0 Å². The zero-order chi connectivity index (χ0) is 21.8. The van der Waals surface area contributed by atoms with E-state index in [1.54, 1.807) is 60.4 Å². The van der Waals surface area contributed by atoms with Gasteiger partial charge in [-0.2, -0.15) is 5.26 Å². The van der Waals surface area contributed by atoms with Gasteiger partial charge in [0.1, 0.15) is 5.75 Å². The molecule has 154 valence electrons. The second-order valence-corrected chi connectivity index (χ2v) is 7.30. The molecule has 1 atom stereocenters. The SMILES string of the molecule is CC(Oc1cccc(C#N)c1)C(=O)Nc1ccc(C(=O)N2CCc3ccccc32)cc1. The molecular formula is C25H21N3O3. The summed E-state index contributed by atoms with van der Waals surface area (Å²) in [5.41, 5.74) is 3.73. The van der Waals surface area contributed by atoms with Crippen LogP contribution in [0.4, 0.5) is 11.4 Å². The monoisotopic (exact) mass is 411 g/mol. The zero-order valence-corrected chi connectivity index (χ0v) is 17.0. The summed E-state index contributed by atoms with van der Waals surface area (Å²) in [5, 5.41) is 11.8. The van der Waals surface area contributed by atoms with Crippen LogP contribution in [0.2, 0.25) is 0 Å². The Bertz CT molecular complexity index is 1170. The van der Waals surface area contributed by atoms with E-state index in [0.29, 0.717) is 29.1 Å². The molecule has 0 aromatic heterocycles. The highest BCUT2D eigenvalue weighted by Crippen LogP contribution is 2.29. The van der Waals surface area contributed by atoms with Gasteiger partial charge in [0, 0.05) is 23.5 Å². The third kappa shape index (κ3) is 4.41. The number of rotatable bonds is 5. The van der Waals surface area contributed by atoms with E-state index >= 15 is 0 Å². The fourth-order valence-electron chi connectivity index (χ4n) is 3.54. The topological polar surface area (TPSA) is 82.4 Å². The normalized spacial score (nSPS) is 13.1. The van der Waals surface area contributed by atoms with Crippen molar-refractivity contribution < 1.29 is 14.3 Å². The first-order valence-electron chi connectivity index (χ1n) is 10.0. The molecule has 0 aliphatic carbocycles. The van der Waals surface area contributed by atoms with Crippen LogP contribution in [0.15, 0.2) is 72.8 Å². The lowest BCUT2D eigenvalue weighted by molar-refractivity contribution is -0.122. The van der Waals surface area contributed by atoms with E-state index in [-0.39, 0.29) is 11.8 Å². The predicted octanol–water partition coefficient (Wildman–Crippen LogP) is 4.17. The largest absolute Gasteiger partial charge is 0.481 e. The van der Waals surface area contributed by atoms with Gasteiger partial charge in [0.2, 0.25) is 0 Å². The van der Waals surface area contributed by atoms with Gasteiger partial charge in [-0.25, -0.2) is 0 Å². The highest BCUT2D eigenvalue weighted by molar-refractivity contribution is 6.07. The number of carbonyl (C=O) groups is 2. The molecular weight excluding hydrogens is 390 g/mol. The Morgan fingerprint density at radius 3 is 2.61 bits per heavy atom. The summed E-state index contributed by atoms with van der Waals surface area (Å²) in [6.45, 7) is 2.30. The maximum atomic E-state index is 12.9. The number of benzene rings is 3. The highest BCUT2D eigenvalue weighted by atomic mass is 16.5. The highest BCUT2D eigenvalue weighted by Gasteiger charge is 2.25. The molecule has 3 aromatic carbocycles. The van der Waals surface area contributed by atoms with Gasteiger partial charge in [-0.15, -0.1) is 0 Å². The fourth-order valence-corrected chi connectivity index (χ4v) is 3.54. The number of fused-ring (bicyclic) bond motifs is 1. The van der Waals surface area contributed by atoms with Crippen LogP contribution in [0.5, 0.6) is 5.75 Å². The smallest absolute Gasteiger partial charge is 0.265 e. The van der Waals surface area contributed by atoms with Gasteiger partial charge in [-0.1, -0.05) is 24.3 Å². The number of nitrogens with zero attached hydrogens (tertiary/aromatic N) is 2. The van der Waals surface area contributed by atoms with Crippen LogP contribution >= 0.6 is 0 Å². The van der Waals surface area contributed by atoms with E-state index in [2.05, 4.69) is 5.32 Å². The first kappa shape index (κ1) is 20.2. The number of hydrogen-bond acceptors (Lipinski definition) is 4. The Balaban J connectivity index is 1.38. The molecule has 0 saturated carbocycles. The van der Waals surface area contributed by atoms with Gasteiger partial charge >= 0.3 is 0 Å². The fraction of sp³-hybridized carbons (Fsp3) is 0.160. The number of ether oxygens (including phenoxy) is 1. The summed E-state index contributed by atoms with van der Waals surface area (Å²) < 4.78 is 5.63. The third-order valence-electron chi connectivity index (χ3n) is 5.18. The van der Waals surface area contributed by atoms with Gasteiger partial charge in [-0.05, 0) is 67.4 Å². The molecule has 4 rings (SSSR count). The van der Waals surface area contributed by atoms with Crippen molar-refractivity contribution in [1.29, 1.82) is 5.26 Å². The summed E-state index contributed by atoms with van der Waals surface area (Å²) in [4.78, 5) is 27.1. The lowest BCUT2D eigenvalue weighted by atomic mass is 10.1. The molecule has 6 heteroatoms. The predicted molar refractivity (Wildman–Crippen MR) is 118 cm³/mol. The van der Waals surface area contributed by atoms with Gasteiger partial charge in [-0.3, -0.25) is 9.59 Å². The molecule has 6 nitrogen and oxygen atoms in total. The summed E-state index contributed by atoms with van der Waals surface area (Å²) in [6.07, 6.45) is 0.0990. The van der Waals surface area contributed by atoms with E-state index in [1.165, 1.54) is 5.56 Å². The standard InChI is InChI=1S/C25H21N3O3/c1-17(31-22-7-4-5-18(15-22)16-26)24(29)27-21-11-9-20(10-12-21)25(30)28-14-13-19-6-2-3-8-23(19)28/h2-12,15,17H,13-14H2,1H3,(H,27,29). The summed E-state index contributed by atoms with van der Waals surface area (Å²) >= 11 is 0. The molecule has 1 aliphatic rings. The van der Waals surface area contributed by atoms with Crippen molar-refractivity contribution in [3.8, 4) is 11.8 Å². The van der Waals surface area contributed by atoms with Crippen LogP contribution < -0.4 is 15.0 Å². The molecule has 1 aliphatic heterocycles. The van der Waals surface area contributed by atoms with Crippen LogP contribution in [-0.4, -0.2) is 24.5 Å². The summed E-state index contributed by atoms with van der Waals surface area (Å²) in [7, 11) is 0. The molecule has 1 unspecified atom stereocenters. The second kappa shape index (κ2) is 8.72. The summed E-state index contributed by atoms with van der Waals surface area (Å²) in [5.74, 6) is 0.0698. The van der Waals surface area contributed by atoms with Crippen molar-refractivity contribution in [1.82, 2.24) is 0 Å². The number of para-hydroxylation sites is 1. The van der Waals surface area contributed by atoms with Crippen LogP contribution in [-0.2, 0) is 11.2 Å². The number of amides is 2. The first-order chi connectivity index (χ1) is 15.0. The van der Waals surface area contributed by atoms with E-state index in [4.69, 9.17) is 10.00 Å². The average Bonchev–Trinajstić information content (AvgIpc) is 3.23. The lowest BCUT2D eigenvalue weighted by Crippen LogP contribution is -2.30. The molecule has 31 heavy (non-hydrogen) atoms. The molecule has 1 N–H and O–H groups in total. The molecule has 0 bridgehead atoms. The first-order valence-corrected chi connectivity index (χ1v) is 10.0. The van der Waals surface area contributed by atoms with Gasteiger partial charge < -0.3 is 15.0 Å². The molecule has 0 spiro atoms. The van der Waals surface area contributed by atoms with E-state index in [9.17, 15) is 9.59 Å². The van der Waals surface area contributed by atoms with Crippen molar-refractivity contribution in [3.63, 3.8) is 0 Å². The lowest BCUT2D eigenvalue weighted by Gasteiger charge is -2.18. The number of anilines is 2. The Morgan fingerprint density at radius 2 is 1.84 bits per heavy atom. The van der Waals surface area contributed by atoms with Crippen LogP contribution in [0.3, 0.4) is 0 Å². The van der Waals surface area contributed by atoms with E-state index in [0.717, 1.165) is 12.1 Å². The maximum absolute atomic E-state index is 12.9. The average molecular weight is 411 g/mol. The zero-order valence-electron chi connectivity index (χ0n) is 17.0. The van der Waals surface area contributed by atoms with Crippen molar-refractivity contribution >= 4 is 23.2 Å². The molecule has 0 fully saturated rings. The van der Waals surface area contributed by atoms with Crippen molar-refractivity contribution in [2.75, 3.05) is 16.8 Å². The molecule has 0 saturated heterocycles. The maximum Gasteiger partial charge on any atom is 0.265 e. The third-order valence-corrected chi connectivity index (χ3v) is 5.18. The van der Waals surface area contributed by atoms with E-state index < -0.39 is 6.10 Å². The molecule has 1 heterocycles. The molecule has 2 amide bonds. The van der Waals surface area contributed by atoms with Gasteiger partial charge in [0.25, 0.3) is 11.8 Å². The van der Waals surface area contributed by atoms with Gasteiger partial charge in [0.05, 0.1) is 11.6 Å². The minimum absolute atomic E-state index is 0.0584. The van der Waals surface area contributed by atoms with Crippen molar-refractivity contribution in [2.45, 2.75) is 19.4 Å². The minimum Gasteiger partial charge on any atom is -0.481 e. The minimum atomic E-state index is -0.753. The molecule has 3 aromatic rings. The Hall–Kier alpha value is -4.11. The Morgan fingerprint density at radius 1 is 1.06 bits per heavy atom. The Kier molecular flexibility index (Phi) is 5.67. The van der Waals surface area contributed by atoms with Gasteiger partial charge in [0.15, 0.2) is 6.10 Å². The van der Waals surface area contributed by atoms with Crippen LogP contribution in [0.1, 0.15) is 28.4 Å². The quantitative estimate of drug-likeness (QED) is 0.683.